The van der Waals surface area contributed by atoms with E-state index < -0.39 is 0 Å². The van der Waals surface area contributed by atoms with Gasteiger partial charge in [0.15, 0.2) is 0 Å². The molecule has 2 aromatic rings. The third-order valence-electron chi connectivity index (χ3n) is 5.37. The minimum absolute atomic E-state index is 0.0709. The first kappa shape index (κ1) is 14.7. The van der Waals surface area contributed by atoms with E-state index in [2.05, 4.69) is 11.9 Å². The van der Waals surface area contributed by atoms with E-state index in [9.17, 15) is 4.79 Å². The first-order valence-corrected chi connectivity index (χ1v) is 8.49. The number of rotatable bonds is 2. The number of hydrogen-bond donors (Lipinski definition) is 0. The van der Waals surface area contributed by atoms with Gasteiger partial charge in [0.25, 0.3) is 5.91 Å². The molecule has 1 spiro atoms. The van der Waals surface area contributed by atoms with Gasteiger partial charge in [-0.3, -0.25) is 9.20 Å². The third kappa shape index (κ3) is 2.34. The minimum atomic E-state index is -0.106. The van der Waals surface area contributed by atoms with Crippen molar-refractivity contribution < 1.29 is 9.53 Å². The Balaban J connectivity index is 1.59. The Bertz CT molecular complexity index is 754. The largest absolute Gasteiger partial charge is 0.373 e. The van der Waals surface area contributed by atoms with Gasteiger partial charge < -0.3 is 9.64 Å². The van der Waals surface area contributed by atoms with Crippen molar-refractivity contribution in [3.8, 4) is 0 Å². The van der Waals surface area contributed by atoms with Gasteiger partial charge in [0.1, 0.15) is 11.3 Å². The van der Waals surface area contributed by atoms with Crippen molar-refractivity contribution in [3.63, 3.8) is 0 Å². The summed E-state index contributed by atoms with van der Waals surface area (Å²) in [7, 11) is 0. The van der Waals surface area contributed by atoms with Crippen molar-refractivity contribution >= 4 is 11.6 Å². The molecule has 122 valence electrons. The molecule has 2 aliphatic rings. The molecule has 0 radical (unpaired) electrons. The lowest BCUT2D eigenvalue weighted by molar-refractivity contribution is 0.0115. The molecule has 23 heavy (non-hydrogen) atoms. The number of carbonyl (C=O) groups is 1. The highest BCUT2D eigenvalue weighted by molar-refractivity contribution is 5.95. The van der Waals surface area contributed by atoms with Crippen molar-refractivity contribution in [1.29, 1.82) is 0 Å². The molecule has 0 aliphatic carbocycles. The van der Waals surface area contributed by atoms with Gasteiger partial charge in [-0.1, -0.05) is 19.4 Å². The summed E-state index contributed by atoms with van der Waals surface area (Å²) in [4.78, 5) is 19.5. The van der Waals surface area contributed by atoms with E-state index in [1.165, 1.54) is 0 Å². The number of amides is 1. The molecule has 2 atom stereocenters. The Hall–Kier alpha value is -1.88. The normalized spacial score (nSPS) is 27.4. The highest BCUT2D eigenvalue weighted by Crippen LogP contribution is 2.39. The molecule has 0 aromatic carbocycles. The monoisotopic (exact) mass is 313 g/mol. The minimum Gasteiger partial charge on any atom is -0.373 e. The maximum absolute atomic E-state index is 13.0. The average Bonchev–Trinajstić information content (AvgIpc) is 3.24. The summed E-state index contributed by atoms with van der Waals surface area (Å²) in [5.41, 5.74) is 2.19. The molecular formula is C18H23N3O2. The Labute approximate surface area is 136 Å². The van der Waals surface area contributed by atoms with E-state index in [0.717, 1.165) is 43.8 Å². The third-order valence-corrected chi connectivity index (χ3v) is 5.37. The summed E-state index contributed by atoms with van der Waals surface area (Å²) in [6, 6.07) is 5.81. The Kier molecular flexibility index (Phi) is 3.41. The highest BCUT2D eigenvalue weighted by Gasteiger charge is 2.46. The van der Waals surface area contributed by atoms with Crippen molar-refractivity contribution in [1.82, 2.24) is 14.3 Å². The number of nitrogens with zero attached hydrogens (tertiary/aromatic N) is 3. The van der Waals surface area contributed by atoms with Gasteiger partial charge in [-0.25, -0.2) is 4.98 Å². The predicted octanol–water partition coefficient (Wildman–Crippen LogP) is 2.67. The number of fused-ring (bicyclic) bond motifs is 1. The average molecular weight is 313 g/mol. The molecule has 2 unspecified atom stereocenters. The van der Waals surface area contributed by atoms with Crippen LogP contribution < -0.4 is 0 Å². The summed E-state index contributed by atoms with van der Waals surface area (Å²) in [6.07, 6.45) is 5.10. The van der Waals surface area contributed by atoms with Crippen LogP contribution in [0.4, 0.5) is 0 Å². The van der Waals surface area contributed by atoms with Crippen LogP contribution in [-0.2, 0) is 4.74 Å². The number of likely N-dealkylation sites (tertiary alicyclic amines) is 1. The first-order valence-electron chi connectivity index (χ1n) is 8.49. The second-order valence-corrected chi connectivity index (χ2v) is 6.92. The lowest BCUT2D eigenvalue weighted by Gasteiger charge is -2.23. The molecule has 4 rings (SSSR count). The maximum Gasteiger partial charge on any atom is 0.272 e. The maximum atomic E-state index is 13.0. The van der Waals surface area contributed by atoms with E-state index in [-0.39, 0.29) is 11.5 Å². The van der Waals surface area contributed by atoms with E-state index in [4.69, 9.17) is 4.74 Å². The fourth-order valence-corrected chi connectivity index (χ4v) is 4.02. The van der Waals surface area contributed by atoms with Crippen molar-refractivity contribution in [3.05, 3.63) is 35.8 Å². The predicted molar refractivity (Wildman–Crippen MR) is 87.5 cm³/mol. The van der Waals surface area contributed by atoms with Crippen LogP contribution in [-0.4, -0.2) is 45.5 Å². The lowest BCUT2D eigenvalue weighted by Crippen LogP contribution is -2.36. The van der Waals surface area contributed by atoms with Gasteiger partial charge in [-0.2, -0.15) is 0 Å². The number of hydrogen-bond acceptors (Lipinski definition) is 3. The molecule has 0 bridgehead atoms. The van der Waals surface area contributed by atoms with Crippen LogP contribution in [0.15, 0.2) is 24.4 Å². The molecule has 5 nitrogen and oxygen atoms in total. The number of carbonyl (C=O) groups excluding carboxylic acids is 1. The molecule has 2 fully saturated rings. The number of aromatic nitrogens is 2. The number of ether oxygens (including phenoxy) is 1. The summed E-state index contributed by atoms with van der Waals surface area (Å²) in [6.45, 7) is 6.45. The fraction of sp³-hybridized carbons (Fsp3) is 0.556. The van der Waals surface area contributed by atoms with Gasteiger partial charge in [-0.15, -0.1) is 0 Å². The van der Waals surface area contributed by atoms with Crippen molar-refractivity contribution in [2.24, 2.45) is 5.92 Å². The molecule has 0 N–H and O–H groups in total. The fourth-order valence-electron chi connectivity index (χ4n) is 4.02. The molecular weight excluding hydrogens is 290 g/mol. The Morgan fingerprint density at radius 1 is 1.48 bits per heavy atom. The lowest BCUT2D eigenvalue weighted by atomic mass is 9.92. The molecule has 2 saturated heterocycles. The van der Waals surface area contributed by atoms with Crippen LogP contribution in [0.2, 0.25) is 0 Å². The van der Waals surface area contributed by atoms with Gasteiger partial charge in [0.2, 0.25) is 0 Å². The van der Waals surface area contributed by atoms with E-state index >= 15 is 0 Å². The van der Waals surface area contributed by atoms with Gasteiger partial charge >= 0.3 is 0 Å². The zero-order chi connectivity index (χ0) is 16.0. The van der Waals surface area contributed by atoms with Crippen LogP contribution in [0, 0.1) is 12.8 Å². The van der Waals surface area contributed by atoms with E-state index in [0.29, 0.717) is 18.2 Å². The molecule has 1 amide bonds. The smallest absolute Gasteiger partial charge is 0.272 e. The number of pyridine rings is 1. The second-order valence-electron chi connectivity index (χ2n) is 6.92. The Morgan fingerprint density at radius 3 is 3.13 bits per heavy atom. The molecule has 2 aliphatic heterocycles. The zero-order valence-corrected chi connectivity index (χ0v) is 13.8. The Morgan fingerprint density at radius 2 is 2.35 bits per heavy atom. The first-order chi connectivity index (χ1) is 11.1. The second kappa shape index (κ2) is 5.34. The van der Waals surface area contributed by atoms with Crippen LogP contribution in [0.25, 0.3) is 5.65 Å². The topological polar surface area (TPSA) is 46.8 Å². The number of aryl methyl sites for hydroxylation is 1. The van der Waals surface area contributed by atoms with Gasteiger partial charge in [0, 0.05) is 12.7 Å². The summed E-state index contributed by atoms with van der Waals surface area (Å²) in [5, 5.41) is 0. The summed E-state index contributed by atoms with van der Waals surface area (Å²) in [5.74, 6) is 0.712. The highest BCUT2D eigenvalue weighted by atomic mass is 16.5. The van der Waals surface area contributed by atoms with Crippen LogP contribution >= 0.6 is 0 Å². The summed E-state index contributed by atoms with van der Waals surface area (Å²) < 4.78 is 8.00. The zero-order valence-electron chi connectivity index (χ0n) is 13.8. The van der Waals surface area contributed by atoms with Crippen LogP contribution in [0.3, 0.4) is 0 Å². The molecule has 2 aromatic heterocycles. The molecule has 5 heteroatoms. The molecule has 0 saturated carbocycles. The SMILES string of the molecule is CCC1COC2(CCN(C(=O)c3c(C)nc4ccccn34)C2)C1. The van der Waals surface area contributed by atoms with E-state index in [1.807, 2.05) is 40.6 Å². The standard InChI is InChI=1S/C18H23N3O2/c1-3-14-10-18(23-11-14)7-9-20(12-18)17(22)16-13(2)19-15-6-4-5-8-21(15)16/h4-6,8,14H,3,7,9-12H2,1-2H3. The van der Waals surface area contributed by atoms with Crippen molar-refractivity contribution in [2.75, 3.05) is 19.7 Å². The summed E-state index contributed by atoms with van der Waals surface area (Å²) >= 11 is 0. The van der Waals surface area contributed by atoms with Gasteiger partial charge in [0.05, 0.1) is 24.4 Å². The quantitative estimate of drug-likeness (QED) is 0.856. The van der Waals surface area contributed by atoms with Crippen LogP contribution in [0.5, 0.6) is 0 Å². The van der Waals surface area contributed by atoms with Crippen LogP contribution in [0.1, 0.15) is 42.4 Å². The van der Waals surface area contributed by atoms with Gasteiger partial charge in [-0.05, 0) is 37.8 Å². The van der Waals surface area contributed by atoms with Crippen molar-refractivity contribution in [2.45, 2.75) is 38.7 Å². The molecule has 4 heterocycles. The number of imidazole rings is 1. The van der Waals surface area contributed by atoms with E-state index in [1.54, 1.807) is 0 Å².